The van der Waals surface area contributed by atoms with Gasteiger partial charge in [0, 0.05) is 44.0 Å². The van der Waals surface area contributed by atoms with E-state index in [1.165, 1.54) is 71.1 Å². The van der Waals surface area contributed by atoms with E-state index in [-0.39, 0.29) is 0 Å². The van der Waals surface area contributed by atoms with Crippen molar-refractivity contribution in [1.82, 2.24) is 14.1 Å². The lowest BCUT2D eigenvalue weighted by Crippen LogP contribution is -1.96. The smallest absolute Gasteiger partial charge is 0.0715 e. The molecule has 0 N–H and O–H groups in total. The van der Waals surface area contributed by atoms with Gasteiger partial charge in [0.1, 0.15) is 0 Å². The molecule has 0 amide bonds. The van der Waals surface area contributed by atoms with Gasteiger partial charge in [-0.05, 0) is 99.8 Å². The summed E-state index contributed by atoms with van der Waals surface area (Å²) in [6.07, 6.45) is 0. The van der Waals surface area contributed by atoms with E-state index in [0.29, 0.717) is 0 Å². The first-order valence-electron chi connectivity index (χ1n) is 20.5. The summed E-state index contributed by atoms with van der Waals surface area (Å²) in [5.74, 6) is 0. The molecule has 3 heterocycles. The molecule has 0 aliphatic rings. The zero-order valence-corrected chi connectivity index (χ0v) is 32.7. The average molecular weight is 764 g/mol. The van der Waals surface area contributed by atoms with Crippen molar-refractivity contribution >= 4 is 54.4 Å². The number of hydrogen-bond acceptors (Lipinski definition) is 1. The molecule has 0 bridgehead atoms. The minimum Gasteiger partial charge on any atom is -0.309 e. The minimum atomic E-state index is 0.945. The van der Waals surface area contributed by atoms with Crippen LogP contribution in [-0.2, 0) is 0 Å². The lowest BCUT2D eigenvalue weighted by Gasteiger charge is -2.14. The highest BCUT2D eigenvalue weighted by atomic mass is 15.0. The molecule has 0 spiro atoms. The van der Waals surface area contributed by atoms with Crippen molar-refractivity contribution in [2.75, 3.05) is 0 Å². The molecule has 9 aromatic carbocycles. The maximum Gasteiger partial charge on any atom is 0.0715 e. The first-order valence-corrected chi connectivity index (χ1v) is 20.5. The maximum absolute atomic E-state index is 5.30. The third kappa shape index (κ3) is 5.55. The number of para-hydroxylation sites is 3. The fourth-order valence-electron chi connectivity index (χ4n) is 9.29. The van der Waals surface area contributed by atoms with Gasteiger partial charge in [-0.2, -0.15) is 0 Å². The lowest BCUT2D eigenvalue weighted by molar-refractivity contribution is 1.17. The van der Waals surface area contributed by atoms with Crippen LogP contribution in [0.15, 0.2) is 224 Å². The Hall–Kier alpha value is -8.01. The van der Waals surface area contributed by atoms with Gasteiger partial charge in [-0.25, -0.2) is 4.98 Å². The molecule has 3 heteroatoms. The fourth-order valence-corrected chi connectivity index (χ4v) is 9.29. The van der Waals surface area contributed by atoms with E-state index in [9.17, 15) is 0 Å². The number of aromatic nitrogens is 3. The normalized spacial score (nSPS) is 11.7. The maximum atomic E-state index is 5.30. The van der Waals surface area contributed by atoms with Crippen LogP contribution in [0.2, 0.25) is 0 Å². The Kier molecular flexibility index (Phi) is 7.85. The highest BCUT2D eigenvalue weighted by Crippen LogP contribution is 2.41. The van der Waals surface area contributed by atoms with Crippen molar-refractivity contribution in [1.29, 1.82) is 0 Å². The zero-order chi connectivity index (χ0) is 39.6. The second-order valence-corrected chi connectivity index (χ2v) is 15.6. The van der Waals surface area contributed by atoms with Gasteiger partial charge < -0.3 is 9.13 Å². The summed E-state index contributed by atoms with van der Waals surface area (Å²) in [6, 6.07) is 81.0. The van der Waals surface area contributed by atoms with Crippen LogP contribution in [0.1, 0.15) is 0 Å². The third-order valence-corrected chi connectivity index (χ3v) is 12.1. The largest absolute Gasteiger partial charge is 0.309 e. The quantitative estimate of drug-likeness (QED) is 0.165. The predicted octanol–water partition coefficient (Wildman–Crippen LogP) is 15.1. The molecular weight excluding hydrogens is 727 g/mol. The molecule has 280 valence electrons. The van der Waals surface area contributed by atoms with Crippen LogP contribution in [0.4, 0.5) is 0 Å². The summed E-state index contributed by atoms with van der Waals surface area (Å²) in [5, 5.41) is 7.35. The molecule has 0 aliphatic heterocycles. The number of nitrogens with zero attached hydrogens (tertiary/aromatic N) is 3. The standard InChI is InChI=1S/C57H37N3/c1-4-16-38(17-5-1)46-22-10-11-23-47(46)43-34-52(39-18-6-2-7-19-39)58-53(35-43)42-29-28-41-33-45(31-30-40(41)32-42)60-55-27-15-13-25-49(55)51-36-50-48-24-12-14-26-54(48)59(56(50)37-57(51)60)44-20-8-3-9-21-44/h1-37H. The minimum absolute atomic E-state index is 0.945. The van der Waals surface area contributed by atoms with Crippen LogP contribution < -0.4 is 0 Å². The van der Waals surface area contributed by atoms with Crippen molar-refractivity contribution in [3.63, 3.8) is 0 Å². The van der Waals surface area contributed by atoms with E-state index < -0.39 is 0 Å². The summed E-state index contributed by atoms with van der Waals surface area (Å²) in [7, 11) is 0. The van der Waals surface area contributed by atoms with Crippen LogP contribution >= 0.6 is 0 Å². The summed E-state index contributed by atoms with van der Waals surface area (Å²) < 4.78 is 4.84. The van der Waals surface area contributed by atoms with Crippen molar-refractivity contribution in [3.8, 4) is 56.1 Å². The molecule has 0 fully saturated rings. The highest BCUT2D eigenvalue weighted by molar-refractivity contribution is 6.19. The van der Waals surface area contributed by atoms with Crippen LogP contribution in [0, 0.1) is 0 Å². The van der Waals surface area contributed by atoms with Gasteiger partial charge in [-0.1, -0.05) is 158 Å². The molecule has 12 aromatic rings. The topological polar surface area (TPSA) is 22.8 Å². The van der Waals surface area contributed by atoms with Crippen LogP contribution in [0.25, 0.3) is 111 Å². The van der Waals surface area contributed by atoms with E-state index >= 15 is 0 Å². The number of pyridine rings is 1. The Morgan fingerprint density at radius 3 is 1.43 bits per heavy atom. The summed E-state index contributed by atoms with van der Waals surface area (Å²) in [4.78, 5) is 5.30. The number of hydrogen-bond donors (Lipinski definition) is 0. The number of benzene rings is 9. The van der Waals surface area contributed by atoms with Crippen molar-refractivity contribution in [2.24, 2.45) is 0 Å². The van der Waals surface area contributed by atoms with Crippen LogP contribution in [-0.4, -0.2) is 14.1 Å². The van der Waals surface area contributed by atoms with E-state index in [4.69, 9.17) is 4.98 Å². The Morgan fingerprint density at radius 1 is 0.267 bits per heavy atom. The molecule has 60 heavy (non-hydrogen) atoms. The molecule has 0 unspecified atom stereocenters. The fraction of sp³-hybridized carbons (Fsp3) is 0. The molecule has 3 aromatic heterocycles. The van der Waals surface area contributed by atoms with E-state index in [1.54, 1.807) is 0 Å². The summed E-state index contributed by atoms with van der Waals surface area (Å²) in [6.45, 7) is 0. The zero-order valence-electron chi connectivity index (χ0n) is 32.7. The van der Waals surface area contributed by atoms with Gasteiger partial charge in [0.05, 0.1) is 33.5 Å². The monoisotopic (exact) mass is 763 g/mol. The molecular formula is C57H37N3. The summed E-state index contributed by atoms with van der Waals surface area (Å²) in [5.41, 5.74) is 15.9. The Morgan fingerprint density at radius 2 is 0.767 bits per heavy atom. The Bertz CT molecular complexity index is 3580. The first-order chi connectivity index (χ1) is 29.7. The molecule has 0 atom stereocenters. The highest BCUT2D eigenvalue weighted by Gasteiger charge is 2.19. The van der Waals surface area contributed by atoms with E-state index in [2.05, 4.69) is 234 Å². The molecule has 3 nitrogen and oxygen atoms in total. The predicted molar refractivity (Wildman–Crippen MR) is 252 cm³/mol. The molecule has 0 radical (unpaired) electrons. The van der Waals surface area contributed by atoms with Gasteiger partial charge in [-0.15, -0.1) is 0 Å². The SMILES string of the molecule is c1ccc(-c2cc(-c3ccccc3-c3ccccc3)cc(-c3ccc4cc(-n5c6ccccc6c6cc7c8ccccc8n(-c8ccccc8)c7cc65)ccc4c3)n2)cc1. The lowest BCUT2D eigenvalue weighted by atomic mass is 9.93. The second kappa shape index (κ2) is 13.8. The van der Waals surface area contributed by atoms with Crippen molar-refractivity contribution in [3.05, 3.63) is 224 Å². The van der Waals surface area contributed by atoms with Gasteiger partial charge >= 0.3 is 0 Å². The summed E-state index contributed by atoms with van der Waals surface area (Å²) >= 11 is 0. The van der Waals surface area contributed by atoms with E-state index in [0.717, 1.165) is 39.5 Å². The van der Waals surface area contributed by atoms with Gasteiger partial charge in [0.2, 0.25) is 0 Å². The van der Waals surface area contributed by atoms with E-state index in [1.807, 2.05) is 0 Å². The van der Waals surface area contributed by atoms with Crippen molar-refractivity contribution in [2.45, 2.75) is 0 Å². The molecule has 12 rings (SSSR count). The van der Waals surface area contributed by atoms with Gasteiger partial charge in [0.25, 0.3) is 0 Å². The van der Waals surface area contributed by atoms with Crippen molar-refractivity contribution < 1.29 is 0 Å². The Labute approximate surface area is 347 Å². The first kappa shape index (κ1) is 34.1. The second-order valence-electron chi connectivity index (χ2n) is 15.6. The number of rotatable bonds is 6. The van der Waals surface area contributed by atoms with Crippen LogP contribution in [0.3, 0.4) is 0 Å². The molecule has 0 saturated heterocycles. The molecule has 0 aliphatic carbocycles. The number of fused-ring (bicyclic) bond motifs is 7. The average Bonchev–Trinajstić information content (AvgIpc) is 3.83. The Balaban J connectivity index is 1.02. The van der Waals surface area contributed by atoms with Crippen LogP contribution in [0.5, 0.6) is 0 Å². The van der Waals surface area contributed by atoms with Gasteiger partial charge in [0.15, 0.2) is 0 Å². The molecule has 0 saturated carbocycles. The van der Waals surface area contributed by atoms with Gasteiger partial charge in [-0.3, -0.25) is 0 Å². The third-order valence-electron chi connectivity index (χ3n) is 12.1.